The minimum Gasteiger partial charge on any atom is -0.444 e. The van der Waals surface area contributed by atoms with E-state index in [-0.39, 0.29) is 29.2 Å². The third-order valence-electron chi connectivity index (χ3n) is 3.92. The van der Waals surface area contributed by atoms with E-state index in [2.05, 4.69) is 26.1 Å². The van der Waals surface area contributed by atoms with E-state index in [1.54, 1.807) is 12.1 Å². The molecule has 1 atom stereocenters. The highest BCUT2D eigenvalue weighted by Crippen LogP contribution is 2.35. The molecule has 1 saturated heterocycles. The molecule has 1 unspecified atom stereocenters. The maximum absolute atomic E-state index is 13.2. The van der Waals surface area contributed by atoms with Crippen LogP contribution in [0.5, 0.6) is 0 Å². The zero-order valence-corrected chi connectivity index (χ0v) is 14.9. The van der Waals surface area contributed by atoms with E-state index in [1.165, 1.54) is 23.1 Å². The number of benzene rings is 1. The summed E-state index contributed by atoms with van der Waals surface area (Å²) in [5.41, 5.74) is 0.467. The van der Waals surface area contributed by atoms with Crippen LogP contribution in [0.15, 0.2) is 43.9 Å². The van der Waals surface area contributed by atoms with E-state index in [1.807, 2.05) is 0 Å². The lowest BCUT2D eigenvalue weighted by molar-refractivity contribution is -0.117. The monoisotopic (exact) mass is 425 g/mol. The van der Waals surface area contributed by atoms with Crippen LogP contribution in [0.2, 0.25) is 5.02 Å². The standard InChI is InChI=1S/C16H10BrClFN3O3/c17-13-4-3-12(24-13)16-20-15(21-25-16)8-5-14(23)22(7-8)11-2-1-9(19)6-10(11)18/h1-4,6,8H,5,7H2. The van der Waals surface area contributed by atoms with Gasteiger partial charge in [0.05, 0.1) is 10.7 Å². The molecule has 6 nitrogen and oxygen atoms in total. The third-order valence-corrected chi connectivity index (χ3v) is 4.65. The average Bonchev–Trinajstić information content (AvgIpc) is 3.27. The van der Waals surface area contributed by atoms with Crippen molar-refractivity contribution in [1.29, 1.82) is 0 Å². The molecule has 1 amide bonds. The van der Waals surface area contributed by atoms with Gasteiger partial charge in [0.25, 0.3) is 5.89 Å². The van der Waals surface area contributed by atoms with Gasteiger partial charge in [0.15, 0.2) is 16.3 Å². The molecule has 25 heavy (non-hydrogen) atoms. The van der Waals surface area contributed by atoms with Gasteiger partial charge in [0.1, 0.15) is 5.82 Å². The van der Waals surface area contributed by atoms with Crippen molar-refractivity contribution in [2.45, 2.75) is 12.3 Å². The number of furan rings is 1. The van der Waals surface area contributed by atoms with Gasteiger partial charge in [0, 0.05) is 18.9 Å². The van der Waals surface area contributed by atoms with Crippen LogP contribution < -0.4 is 4.90 Å². The highest BCUT2D eigenvalue weighted by Gasteiger charge is 2.35. The molecule has 1 aliphatic rings. The number of hydrogen-bond donors (Lipinski definition) is 0. The van der Waals surface area contributed by atoms with Crippen molar-refractivity contribution in [3.63, 3.8) is 0 Å². The van der Waals surface area contributed by atoms with Crippen molar-refractivity contribution in [3.05, 3.63) is 51.7 Å². The molecule has 0 N–H and O–H groups in total. The molecular weight excluding hydrogens is 417 g/mol. The van der Waals surface area contributed by atoms with Crippen LogP contribution in [0.4, 0.5) is 10.1 Å². The zero-order valence-electron chi connectivity index (χ0n) is 12.6. The van der Waals surface area contributed by atoms with Crippen LogP contribution in [0.1, 0.15) is 18.2 Å². The summed E-state index contributed by atoms with van der Waals surface area (Å²) in [6, 6.07) is 7.35. The molecule has 3 heterocycles. The first-order valence-corrected chi connectivity index (χ1v) is 8.53. The summed E-state index contributed by atoms with van der Waals surface area (Å²) in [5.74, 6) is 0.260. The molecule has 1 fully saturated rings. The lowest BCUT2D eigenvalue weighted by Gasteiger charge is -2.17. The second kappa shape index (κ2) is 6.27. The Morgan fingerprint density at radius 1 is 1.32 bits per heavy atom. The molecule has 9 heteroatoms. The van der Waals surface area contributed by atoms with Gasteiger partial charge in [-0.1, -0.05) is 16.8 Å². The largest absolute Gasteiger partial charge is 0.444 e. The Morgan fingerprint density at radius 2 is 2.16 bits per heavy atom. The molecular formula is C16H10BrClFN3O3. The number of rotatable bonds is 3. The summed E-state index contributed by atoms with van der Waals surface area (Å²) in [4.78, 5) is 18.2. The number of halogens is 3. The molecule has 0 spiro atoms. The Balaban J connectivity index is 1.57. The minimum absolute atomic E-state index is 0.134. The predicted molar refractivity (Wildman–Crippen MR) is 90.8 cm³/mol. The van der Waals surface area contributed by atoms with Crippen LogP contribution in [0.3, 0.4) is 0 Å². The second-order valence-corrected chi connectivity index (χ2v) is 6.75. The summed E-state index contributed by atoms with van der Waals surface area (Å²) in [7, 11) is 0. The van der Waals surface area contributed by atoms with Crippen LogP contribution in [-0.4, -0.2) is 22.6 Å². The van der Waals surface area contributed by atoms with Crippen molar-refractivity contribution < 1.29 is 18.1 Å². The number of amides is 1. The van der Waals surface area contributed by atoms with E-state index < -0.39 is 5.82 Å². The van der Waals surface area contributed by atoms with Crippen LogP contribution >= 0.6 is 27.5 Å². The Hall–Kier alpha value is -2.19. The second-order valence-electron chi connectivity index (χ2n) is 5.56. The first-order valence-electron chi connectivity index (χ1n) is 7.36. The van der Waals surface area contributed by atoms with E-state index >= 15 is 0 Å². The normalized spacial score (nSPS) is 17.5. The predicted octanol–water partition coefficient (Wildman–Crippen LogP) is 4.41. The SMILES string of the molecule is O=C1CC(c2noc(-c3ccc(Br)o3)n2)CN1c1ccc(F)cc1Cl. The van der Waals surface area contributed by atoms with E-state index in [0.717, 1.165) is 0 Å². The van der Waals surface area contributed by atoms with Gasteiger partial charge in [0.2, 0.25) is 5.91 Å². The molecule has 0 radical (unpaired) electrons. The number of nitrogens with zero attached hydrogens (tertiary/aromatic N) is 3. The molecule has 128 valence electrons. The van der Waals surface area contributed by atoms with Gasteiger partial charge in [-0.3, -0.25) is 4.79 Å². The van der Waals surface area contributed by atoms with Crippen LogP contribution in [0.25, 0.3) is 11.7 Å². The summed E-state index contributed by atoms with van der Waals surface area (Å²) in [5, 5.41) is 4.13. The maximum Gasteiger partial charge on any atom is 0.293 e. The minimum atomic E-state index is -0.454. The van der Waals surface area contributed by atoms with E-state index in [0.29, 0.717) is 28.5 Å². The molecule has 0 bridgehead atoms. The molecule has 0 saturated carbocycles. The summed E-state index contributed by atoms with van der Waals surface area (Å²) >= 11 is 9.26. The Labute approximate surface area is 154 Å². The molecule has 1 aliphatic heterocycles. The van der Waals surface area contributed by atoms with Crippen molar-refractivity contribution in [1.82, 2.24) is 10.1 Å². The van der Waals surface area contributed by atoms with Gasteiger partial charge in [-0.05, 0) is 46.3 Å². The van der Waals surface area contributed by atoms with Gasteiger partial charge >= 0.3 is 0 Å². The van der Waals surface area contributed by atoms with Crippen LogP contribution in [0, 0.1) is 5.82 Å². The number of carbonyl (C=O) groups excluding carboxylic acids is 1. The fourth-order valence-corrected chi connectivity index (χ4v) is 3.32. The maximum atomic E-state index is 13.2. The van der Waals surface area contributed by atoms with Gasteiger partial charge in [-0.2, -0.15) is 4.98 Å². The van der Waals surface area contributed by atoms with Gasteiger partial charge in [-0.15, -0.1) is 0 Å². The summed E-state index contributed by atoms with van der Waals surface area (Å²) < 4.78 is 24.3. The smallest absolute Gasteiger partial charge is 0.293 e. The summed E-state index contributed by atoms with van der Waals surface area (Å²) in [6.45, 7) is 0.338. The lowest BCUT2D eigenvalue weighted by atomic mass is 10.1. The van der Waals surface area contributed by atoms with Crippen molar-refractivity contribution in [2.75, 3.05) is 11.4 Å². The van der Waals surface area contributed by atoms with Crippen molar-refractivity contribution in [3.8, 4) is 11.7 Å². The third kappa shape index (κ3) is 3.07. The highest BCUT2D eigenvalue weighted by atomic mass is 79.9. The Bertz CT molecular complexity index is 958. The number of anilines is 1. The quantitative estimate of drug-likeness (QED) is 0.620. The molecule has 4 rings (SSSR count). The zero-order chi connectivity index (χ0) is 17.6. The number of aromatic nitrogens is 2. The number of carbonyl (C=O) groups is 1. The van der Waals surface area contributed by atoms with Gasteiger partial charge in [-0.25, -0.2) is 4.39 Å². The lowest BCUT2D eigenvalue weighted by Crippen LogP contribution is -2.24. The number of hydrogen-bond acceptors (Lipinski definition) is 5. The molecule has 1 aromatic carbocycles. The van der Waals surface area contributed by atoms with Crippen molar-refractivity contribution in [2.24, 2.45) is 0 Å². The van der Waals surface area contributed by atoms with E-state index in [4.69, 9.17) is 20.5 Å². The van der Waals surface area contributed by atoms with E-state index in [9.17, 15) is 9.18 Å². The molecule has 2 aromatic heterocycles. The first kappa shape index (κ1) is 16.3. The first-order chi connectivity index (χ1) is 12.0. The molecule has 0 aliphatic carbocycles. The van der Waals surface area contributed by atoms with Gasteiger partial charge < -0.3 is 13.8 Å². The average molecular weight is 427 g/mol. The topological polar surface area (TPSA) is 72.4 Å². The fourth-order valence-electron chi connectivity index (χ4n) is 2.74. The van der Waals surface area contributed by atoms with Crippen LogP contribution in [-0.2, 0) is 4.79 Å². The highest BCUT2D eigenvalue weighted by molar-refractivity contribution is 9.10. The Morgan fingerprint density at radius 3 is 2.88 bits per heavy atom. The molecule has 3 aromatic rings. The van der Waals surface area contributed by atoms with Crippen molar-refractivity contribution >= 4 is 39.1 Å². The Kier molecular flexibility index (Phi) is 4.09. The fraction of sp³-hybridized carbons (Fsp3) is 0.188. The summed E-state index contributed by atoms with van der Waals surface area (Å²) in [6.07, 6.45) is 0.217.